The summed E-state index contributed by atoms with van der Waals surface area (Å²) in [6.45, 7) is 0.845. The molecule has 2 aromatic rings. The predicted octanol–water partition coefficient (Wildman–Crippen LogP) is 2.30. The number of nitrogens with one attached hydrogen (secondary N) is 1. The lowest BCUT2D eigenvalue weighted by molar-refractivity contribution is -0.120. The van der Waals surface area contributed by atoms with E-state index in [1.54, 1.807) is 24.3 Å². The zero-order chi connectivity index (χ0) is 14.9. The third-order valence-corrected chi connectivity index (χ3v) is 2.88. The van der Waals surface area contributed by atoms with Gasteiger partial charge < -0.3 is 10.1 Å². The van der Waals surface area contributed by atoms with Gasteiger partial charge in [0.15, 0.2) is 0 Å². The summed E-state index contributed by atoms with van der Waals surface area (Å²) in [5.41, 5.74) is 1.58. The molecule has 0 bridgehead atoms. The Morgan fingerprint density at radius 3 is 2.48 bits per heavy atom. The van der Waals surface area contributed by atoms with Crippen molar-refractivity contribution in [1.82, 2.24) is 5.32 Å². The lowest BCUT2D eigenvalue weighted by atomic mass is 10.1. The zero-order valence-corrected chi connectivity index (χ0v) is 11.6. The molecule has 0 atom stereocenters. The van der Waals surface area contributed by atoms with E-state index < -0.39 is 0 Å². The topological polar surface area (TPSA) is 62.1 Å². The van der Waals surface area contributed by atoms with Crippen LogP contribution in [0.25, 0.3) is 0 Å². The maximum Gasteiger partial charge on any atom is 0.224 e. The number of amides is 1. The summed E-state index contributed by atoms with van der Waals surface area (Å²) >= 11 is 0. The largest absolute Gasteiger partial charge is 0.492 e. The first-order valence-corrected chi connectivity index (χ1v) is 6.71. The Morgan fingerprint density at radius 1 is 1.10 bits per heavy atom. The molecule has 0 fully saturated rings. The predicted molar refractivity (Wildman–Crippen MR) is 79.8 cm³/mol. The minimum absolute atomic E-state index is 0.0235. The number of nitriles is 1. The van der Waals surface area contributed by atoms with E-state index in [-0.39, 0.29) is 5.91 Å². The molecule has 0 aliphatic rings. The second kappa shape index (κ2) is 7.71. The van der Waals surface area contributed by atoms with Gasteiger partial charge in [-0.3, -0.25) is 4.79 Å². The number of carbonyl (C=O) groups excluding carboxylic acids is 1. The van der Waals surface area contributed by atoms with Gasteiger partial charge in [-0.15, -0.1) is 0 Å². The van der Waals surface area contributed by atoms with Gasteiger partial charge in [-0.05, 0) is 29.8 Å². The van der Waals surface area contributed by atoms with Gasteiger partial charge in [-0.1, -0.05) is 30.3 Å². The van der Waals surface area contributed by atoms with E-state index in [1.165, 1.54) is 0 Å². The average Bonchev–Trinajstić information content (AvgIpc) is 2.53. The van der Waals surface area contributed by atoms with E-state index >= 15 is 0 Å². The normalized spacial score (nSPS) is 9.67. The van der Waals surface area contributed by atoms with E-state index in [4.69, 9.17) is 10.00 Å². The molecular formula is C17H16N2O2. The summed E-state index contributed by atoms with van der Waals surface area (Å²) in [5.74, 6) is 0.663. The van der Waals surface area contributed by atoms with E-state index in [9.17, 15) is 4.79 Å². The smallest absolute Gasteiger partial charge is 0.224 e. The number of ether oxygens (including phenoxy) is 1. The molecule has 2 aromatic carbocycles. The van der Waals surface area contributed by atoms with E-state index in [1.807, 2.05) is 36.4 Å². The number of hydrogen-bond donors (Lipinski definition) is 1. The lowest BCUT2D eigenvalue weighted by Crippen LogP contribution is -2.29. The molecule has 4 heteroatoms. The van der Waals surface area contributed by atoms with Gasteiger partial charge in [0.1, 0.15) is 12.4 Å². The molecular weight excluding hydrogens is 264 g/mol. The molecule has 1 amide bonds. The van der Waals surface area contributed by atoms with Crippen LogP contribution >= 0.6 is 0 Å². The molecule has 1 N–H and O–H groups in total. The monoisotopic (exact) mass is 280 g/mol. The van der Waals surface area contributed by atoms with Crippen molar-refractivity contribution in [3.05, 3.63) is 65.7 Å². The molecule has 0 radical (unpaired) electrons. The summed E-state index contributed by atoms with van der Waals surface area (Å²) in [6.07, 6.45) is 0.373. The molecule has 4 nitrogen and oxygen atoms in total. The molecule has 21 heavy (non-hydrogen) atoms. The van der Waals surface area contributed by atoms with Gasteiger partial charge in [-0.25, -0.2) is 0 Å². The molecule has 0 saturated carbocycles. The Labute approximate surface area is 124 Å². The van der Waals surface area contributed by atoms with Crippen molar-refractivity contribution in [2.45, 2.75) is 6.42 Å². The average molecular weight is 280 g/mol. The van der Waals surface area contributed by atoms with Crippen LogP contribution in [0.2, 0.25) is 0 Å². The van der Waals surface area contributed by atoms with Crippen LogP contribution in [0.15, 0.2) is 54.6 Å². The molecule has 0 saturated heterocycles. The third-order valence-electron chi connectivity index (χ3n) is 2.88. The Kier molecular flexibility index (Phi) is 5.36. The van der Waals surface area contributed by atoms with Crippen molar-refractivity contribution in [3.8, 4) is 11.8 Å². The summed E-state index contributed by atoms with van der Waals surface area (Å²) in [7, 11) is 0. The lowest BCUT2D eigenvalue weighted by Gasteiger charge is -2.08. The standard InChI is InChI=1S/C17H16N2O2/c18-13-15-6-8-16(9-7-15)21-11-10-19-17(20)12-14-4-2-1-3-5-14/h1-9H,10-12H2,(H,19,20). The first-order valence-electron chi connectivity index (χ1n) is 6.71. The van der Waals surface area contributed by atoms with Crippen LogP contribution in [0, 0.1) is 11.3 Å². The van der Waals surface area contributed by atoms with Crippen LogP contribution in [-0.2, 0) is 11.2 Å². The third kappa shape index (κ3) is 5.00. The Hall–Kier alpha value is -2.80. The summed E-state index contributed by atoms with van der Waals surface area (Å²) in [4.78, 5) is 11.7. The number of rotatable bonds is 6. The molecule has 2 rings (SSSR count). The van der Waals surface area contributed by atoms with Crippen molar-refractivity contribution >= 4 is 5.91 Å². The van der Waals surface area contributed by atoms with Crippen LogP contribution < -0.4 is 10.1 Å². The van der Waals surface area contributed by atoms with Crippen molar-refractivity contribution in [2.24, 2.45) is 0 Å². The minimum atomic E-state index is -0.0235. The van der Waals surface area contributed by atoms with Gasteiger partial charge in [0.2, 0.25) is 5.91 Å². The maximum atomic E-state index is 11.7. The van der Waals surface area contributed by atoms with E-state index in [0.29, 0.717) is 30.9 Å². The Bertz CT molecular complexity index is 615. The fraction of sp³-hybridized carbons (Fsp3) is 0.176. The van der Waals surface area contributed by atoms with Crippen molar-refractivity contribution in [1.29, 1.82) is 5.26 Å². The number of benzene rings is 2. The van der Waals surface area contributed by atoms with Crippen LogP contribution in [0.4, 0.5) is 0 Å². The first-order chi connectivity index (χ1) is 10.3. The molecule has 0 unspecified atom stereocenters. The molecule has 0 aliphatic heterocycles. The van der Waals surface area contributed by atoms with Gasteiger partial charge in [-0.2, -0.15) is 5.26 Å². The molecule has 0 spiro atoms. The van der Waals surface area contributed by atoms with Crippen molar-refractivity contribution < 1.29 is 9.53 Å². The SMILES string of the molecule is N#Cc1ccc(OCCNC(=O)Cc2ccccc2)cc1. The van der Waals surface area contributed by atoms with Gasteiger partial charge in [0.25, 0.3) is 0 Å². The minimum Gasteiger partial charge on any atom is -0.492 e. The van der Waals surface area contributed by atoms with Gasteiger partial charge >= 0.3 is 0 Å². The number of hydrogen-bond acceptors (Lipinski definition) is 3. The van der Waals surface area contributed by atoms with E-state index in [2.05, 4.69) is 5.32 Å². The summed E-state index contributed by atoms with van der Waals surface area (Å²) in [5, 5.41) is 11.5. The highest BCUT2D eigenvalue weighted by Crippen LogP contribution is 2.10. The Balaban J connectivity index is 1.67. The fourth-order valence-electron chi connectivity index (χ4n) is 1.83. The van der Waals surface area contributed by atoms with Crippen molar-refractivity contribution in [2.75, 3.05) is 13.2 Å². The summed E-state index contributed by atoms with van der Waals surface area (Å²) < 4.78 is 5.48. The molecule has 0 aliphatic carbocycles. The fourth-order valence-corrected chi connectivity index (χ4v) is 1.83. The molecule has 0 aromatic heterocycles. The summed E-state index contributed by atoms with van der Waals surface area (Å²) in [6, 6.07) is 18.5. The highest BCUT2D eigenvalue weighted by atomic mass is 16.5. The highest BCUT2D eigenvalue weighted by molar-refractivity contribution is 5.78. The van der Waals surface area contributed by atoms with Crippen LogP contribution in [0.5, 0.6) is 5.75 Å². The van der Waals surface area contributed by atoms with Crippen LogP contribution in [0.1, 0.15) is 11.1 Å². The quantitative estimate of drug-likeness (QED) is 0.826. The number of nitrogens with zero attached hydrogens (tertiary/aromatic N) is 1. The number of carbonyl (C=O) groups is 1. The van der Waals surface area contributed by atoms with Gasteiger partial charge in [0.05, 0.1) is 24.6 Å². The Morgan fingerprint density at radius 2 is 1.81 bits per heavy atom. The van der Waals surface area contributed by atoms with Crippen molar-refractivity contribution in [3.63, 3.8) is 0 Å². The van der Waals surface area contributed by atoms with E-state index in [0.717, 1.165) is 5.56 Å². The first kappa shape index (κ1) is 14.6. The van der Waals surface area contributed by atoms with Crippen LogP contribution in [0.3, 0.4) is 0 Å². The highest BCUT2D eigenvalue weighted by Gasteiger charge is 2.02. The second-order valence-electron chi connectivity index (χ2n) is 4.50. The maximum absolute atomic E-state index is 11.7. The van der Waals surface area contributed by atoms with Crippen LogP contribution in [-0.4, -0.2) is 19.1 Å². The zero-order valence-electron chi connectivity index (χ0n) is 11.6. The molecule has 106 valence electrons. The molecule has 0 heterocycles. The second-order valence-corrected chi connectivity index (χ2v) is 4.50. The van der Waals surface area contributed by atoms with Gasteiger partial charge in [0, 0.05) is 0 Å².